The lowest BCUT2D eigenvalue weighted by Crippen LogP contribution is -2.41. The number of allylic oxidation sites excluding steroid dienone is 1. The molecule has 0 atom stereocenters. The first-order chi connectivity index (χ1) is 10.3. The van der Waals surface area contributed by atoms with Crippen molar-refractivity contribution >= 4 is 12.2 Å². The third-order valence-corrected chi connectivity index (χ3v) is 3.68. The largest absolute Gasteiger partial charge is 0.507 e. The van der Waals surface area contributed by atoms with E-state index in [1.165, 1.54) is 0 Å². The van der Waals surface area contributed by atoms with Crippen LogP contribution in [0.3, 0.4) is 0 Å². The second kappa shape index (κ2) is 6.86. The minimum Gasteiger partial charge on any atom is -0.507 e. The van der Waals surface area contributed by atoms with Gasteiger partial charge in [0.1, 0.15) is 11.4 Å². The molecular formula is C18H25NO3. The van der Waals surface area contributed by atoms with E-state index in [0.717, 1.165) is 18.4 Å². The number of para-hydroxylation sites is 1. The number of piperidine rings is 1. The first kappa shape index (κ1) is 16.4. The molecule has 0 spiro atoms. The highest BCUT2D eigenvalue weighted by molar-refractivity contribution is 5.68. The maximum atomic E-state index is 12.0. The van der Waals surface area contributed by atoms with Gasteiger partial charge >= 0.3 is 6.09 Å². The molecule has 1 aromatic rings. The molecule has 0 aromatic heterocycles. The number of nitrogens with zero attached hydrogens (tertiary/aromatic N) is 1. The Kier molecular flexibility index (Phi) is 5.11. The van der Waals surface area contributed by atoms with Crippen LogP contribution in [0, 0.1) is 5.92 Å². The Hall–Kier alpha value is -1.97. The molecule has 0 radical (unpaired) electrons. The van der Waals surface area contributed by atoms with E-state index in [-0.39, 0.29) is 6.09 Å². The van der Waals surface area contributed by atoms with Gasteiger partial charge in [-0.2, -0.15) is 0 Å². The molecule has 1 heterocycles. The van der Waals surface area contributed by atoms with E-state index < -0.39 is 5.60 Å². The summed E-state index contributed by atoms with van der Waals surface area (Å²) in [6.07, 6.45) is 5.70. The number of benzene rings is 1. The molecule has 0 bridgehead atoms. The topological polar surface area (TPSA) is 49.8 Å². The number of phenols is 1. The zero-order chi connectivity index (χ0) is 16.2. The number of hydrogen-bond donors (Lipinski definition) is 1. The number of hydrogen-bond acceptors (Lipinski definition) is 3. The predicted molar refractivity (Wildman–Crippen MR) is 87.7 cm³/mol. The van der Waals surface area contributed by atoms with Crippen molar-refractivity contribution in [1.82, 2.24) is 4.90 Å². The van der Waals surface area contributed by atoms with Gasteiger partial charge in [0.05, 0.1) is 0 Å². The number of rotatable bonds is 2. The van der Waals surface area contributed by atoms with Crippen molar-refractivity contribution < 1.29 is 14.6 Å². The van der Waals surface area contributed by atoms with Crippen LogP contribution in [0.1, 0.15) is 39.2 Å². The lowest BCUT2D eigenvalue weighted by Gasteiger charge is -2.32. The van der Waals surface area contributed by atoms with Gasteiger partial charge in [-0.1, -0.05) is 30.4 Å². The zero-order valence-corrected chi connectivity index (χ0v) is 13.6. The fourth-order valence-corrected chi connectivity index (χ4v) is 2.47. The van der Waals surface area contributed by atoms with E-state index in [1.807, 2.05) is 45.0 Å². The van der Waals surface area contributed by atoms with Crippen LogP contribution >= 0.6 is 0 Å². The molecule has 1 N–H and O–H groups in total. The van der Waals surface area contributed by atoms with E-state index in [0.29, 0.717) is 24.8 Å². The Morgan fingerprint density at radius 2 is 1.91 bits per heavy atom. The summed E-state index contributed by atoms with van der Waals surface area (Å²) in [5.74, 6) is 0.725. The molecule has 2 rings (SSSR count). The molecule has 0 saturated carbocycles. The van der Waals surface area contributed by atoms with Gasteiger partial charge < -0.3 is 14.7 Å². The van der Waals surface area contributed by atoms with Crippen LogP contribution < -0.4 is 0 Å². The maximum absolute atomic E-state index is 12.0. The molecular weight excluding hydrogens is 278 g/mol. The molecule has 120 valence electrons. The number of amides is 1. The van der Waals surface area contributed by atoms with Gasteiger partial charge in [0.25, 0.3) is 0 Å². The highest BCUT2D eigenvalue weighted by atomic mass is 16.6. The standard InChI is InChI=1S/C18H25NO3/c1-18(2,3)22-17(21)19-12-10-14(11-13-19)8-9-15-6-4-5-7-16(15)20/h4-9,14,20H,10-13H2,1-3H3/b9-8+. The summed E-state index contributed by atoms with van der Waals surface area (Å²) in [6.45, 7) is 7.07. The van der Waals surface area contributed by atoms with Crippen molar-refractivity contribution in [2.45, 2.75) is 39.2 Å². The molecule has 1 aliphatic heterocycles. The van der Waals surface area contributed by atoms with Gasteiger partial charge in [-0.25, -0.2) is 4.79 Å². The molecule has 1 fully saturated rings. The summed E-state index contributed by atoms with van der Waals surface area (Å²) in [7, 11) is 0. The SMILES string of the molecule is CC(C)(C)OC(=O)N1CCC(/C=C/c2ccccc2O)CC1. The molecule has 1 amide bonds. The Balaban J connectivity index is 1.85. The van der Waals surface area contributed by atoms with E-state index in [9.17, 15) is 9.90 Å². The Bertz CT molecular complexity index is 538. The molecule has 22 heavy (non-hydrogen) atoms. The fraction of sp³-hybridized carbons (Fsp3) is 0.500. The molecule has 0 unspecified atom stereocenters. The highest BCUT2D eigenvalue weighted by Gasteiger charge is 2.25. The van der Waals surface area contributed by atoms with E-state index in [2.05, 4.69) is 6.08 Å². The molecule has 1 aromatic carbocycles. The van der Waals surface area contributed by atoms with Crippen molar-refractivity contribution in [2.75, 3.05) is 13.1 Å². The summed E-state index contributed by atoms with van der Waals surface area (Å²) < 4.78 is 5.39. The first-order valence-corrected chi connectivity index (χ1v) is 7.79. The number of aromatic hydroxyl groups is 1. The second-order valence-corrected chi connectivity index (χ2v) is 6.72. The number of phenolic OH excluding ortho intramolecular Hbond substituents is 1. The van der Waals surface area contributed by atoms with Crippen LogP contribution in [0.15, 0.2) is 30.3 Å². The Morgan fingerprint density at radius 3 is 2.50 bits per heavy atom. The quantitative estimate of drug-likeness (QED) is 0.896. The van der Waals surface area contributed by atoms with Crippen LogP contribution in [0.2, 0.25) is 0 Å². The zero-order valence-electron chi connectivity index (χ0n) is 13.6. The average Bonchev–Trinajstić information content (AvgIpc) is 2.45. The lowest BCUT2D eigenvalue weighted by atomic mass is 9.96. The van der Waals surface area contributed by atoms with Crippen molar-refractivity contribution in [3.8, 4) is 5.75 Å². The van der Waals surface area contributed by atoms with E-state index in [4.69, 9.17) is 4.74 Å². The number of carbonyl (C=O) groups is 1. The Labute approximate surface area is 132 Å². The summed E-state index contributed by atoms with van der Waals surface area (Å²) in [4.78, 5) is 13.8. The summed E-state index contributed by atoms with van der Waals surface area (Å²) >= 11 is 0. The molecule has 4 nitrogen and oxygen atoms in total. The van der Waals surface area contributed by atoms with Crippen LogP contribution in [0.4, 0.5) is 4.79 Å². The number of ether oxygens (including phenoxy) is 1. The summed E-state index contributed by atoms with van der Waals surface area (Å²) in [5.41, 5.74) is 0.385. The Morgan fingerprint density at radius 1 is 1.27 bits per heavy atom. The van der Waals surface area contributed by atoms with Crippen LogP contribution in [-0.2, 0) is 4.74 Å². The smallest absolute Gasteiger partial charge is 0.410 e. The third-order valence-electron chi connectivity index (χ3n) is 3.68. The van der Waals surface area contributed by atoms with Crippen molar-refractivity contribution in [3.63, 3.8) is 0 Å². The van der Waals surface area contributed by atoms with Gasteiger partial charge in [0, 0.05) is 18.7 Å². The monoisotopic (exact) mass is 303 g/mol. The van der Waals surface area contributed by atoms with Crippen molar-refractivity contribution in [2.24, 2.45) is 5.92 Å². The van der Waals surface area contributed by atoms with Gasteiger partial charge in [-0.3, -0.25) is 0 Å². The molecule has 1 aliphatic rings. The normalized spacial score (nSPS) is 17.0. The first-order valence-electron chi connectivity index (χ1n) is 7.79. The molecule has 4 heteroatoms. The van der Waals surface area contributed by atoms with E-state index >= 15 is 0 Å². The second-order valence-electron chi connectivity index (χ2n) is 6.72. The van der Waals surface area contributed by atoms with Crippen molar-refractivity contribution in [3.05, 3.63) is 35.9 Å². The highest BCUT2D eigenvalue weighted by Crippen LogP contribution is 2.23. The number of carbonyl (C=O) groups excluding carboxylic acids is 1. The number of likely N-dealkylation sites (tertiary alicyclic amines) is 1. The van der Waals surface area contributed by atoms with Gasteiger partial charge in [-0.05, 0) is 45.6 Å². The molecule has 1 saturated heterocycles. The summed E-state index contributed by atoms with van der Waals surface area (Å²) in [6, 6.07) is 7.29. The van der Waals surface area contributed by atoms with Gasteiger partial charge in [-0.15, -0.1) is 0 Å². The maximum Gasteiger partial charge on any atom is 0.410 e. The van der Waals surface area contributed by atoms with Gasteiger partial charge in [0.2, 0.25) is 0 Å². The van der Waals surface area contributed by atoms with Crippen LogP contribution in [0.5, 0.6) is 5.75 Å². The lowest BCUT2D eigenvalue weighted by molar-refractivity contribution is 0.0197. The van der Waals surface area contributed by atoms with E-state index in [1.54, 1.807) is 11.0 Å². The predicted octanol–water partition coefficient (Wildman–Crippen LogP) is 4.05. The minimum absolute atomic E-state index is 0.226. The third kappa shape index (κ3) is 4.79. The van der Waals surface area contributed by atoms with Crippen LogP contribution in [0.25, 0.3) is 6.08 Å². The van der Waals surface area contributed by atoms with Crippen LogP contribution in [-0.4, -0.2) is 34.8 Å². The molecule has 0 aliphatic carbocycles. The summed E-state index contributed by atoms with van der Waals surface area (Å²) in [5, 5.41) is 9.74. The van der Waals surface area contributed by atoms with Crippen molar-refractivity contribution in [1.29, 1.82) is 0 Å². The minimum atomic E-state index is -0.446. The van der Waals surface area contributed by atoms with Gasteiger partial charge in [0.15, 0.2) is 0 Å². The average molecular weight is 303 g/mol. The fourth-order valence-electron chi connectivity index (χ4n) is 2.47.